The van der Waals surface area contributed by atoms with Crippen LogP contribution in [0.15, 0.2) is 61.5 Å². The van der Waals surface area contributed by atoms with E-state index in [9.17, 15) is 9.90 Å². The van der Waals surface area contributed by atoms with Gasteiger partial charge in [0, 0.05) is 39.1 Å². The number of phenolic OH excluding ortho intramolecular Hbond substituents is 1. The molecule has 0 radical (unpaired) electrons. The number of quaternary nitrogens is 1. The van der Waals surface area contributed by atoms with Gasteiger partial charge in [-0.3, -0.25) is 0 Å². The minimum atomic E-state index is -0.422. The maximum atomic E-state index is 13.1. The molecule has 1 saturated heterocycles. The molecule has 1 saturated carbocycles. The Morgan fingerprint density at radius 1 is 1.17 bits per heavy atom. The second kappa shape index (κ2) is 8.54. The van der Waals surface area contributed by atoms with E-state index in [1.807, 2.05) is 41.8 Å². The maximum Gasteiger partial charge on any atom is 0.346 e. The smallest absolute Gasteiger partial charge is 0.346 e. The average molecular weight is 567 g/mol. The Balaban J connectivity index is 1.35. The van der Waals surface area contributed by atoms with Gasteiger partial charge in [-0.1, -0.05) is 48.8 Å². The van der Waals surface area contributed by atoms with E-state index < -0.39 is 5.63 Å². The van der Waals surface area contributed by atoms with Crippen molar-refractivity contribution in [3.63, 3.8) is 0 Å². The number of nitrogens with one attached hydrogen (secondary N) is 1. The Labute approximate surface area is 222 Å². The second-order valence-corrected chi connectivity index (χ2v) is 13.5. The zero-order valence-electron chi connectivity index (χ0n) is 20.7. The van der Waals surface area contributed by atoms with Crippen molar-refractivity contribution in [2.75, 3.05) is 6.54 Å². The number of thiazole rings is 1. The normalized spacial score (nSPS) is 24.9. The fourth-order valence-corrected chi connectivity index (χ4v) is 7.98. The first-order valence-corrected chi connectivity index (χ1v) is 14.1. The molecule has 0 spiro atoms. The molecule has 2 bridgehead atoms. The van der Waals surface area contributed by atoms with Crippen LogP contribution in [-0.4, -0.2) is 22.7 Å². The highest BCUT2D eigenvalue weighted by atomic mass is 79.9. The van der Waals surface area contributed by atoms with Gasteiger partial charge in [0.15, 0.2) is 5.58 Å². The van der Waals surface area contributed by atoms with Crippen LogP contribution in [0, 0.1) is 10.8 Å². The Morgan fingerprint density at radius 2 is 1.94 bits per heavy atom. The number of likely N-dealkylation sites (tertiary alicyclic amines) is 1. The lowest BCUT2D eigenvalue weighted by Crippen LogP contribution is -3.12. The van der Waals surface area contributed by atoms with Crippen molar-refractivity contribution in [1.82, 2.24) is 4.98 Å². The highest BCUT2D eigenvalue weighted by molar-refractivity contribution is 9.10. The minimum absolute atomic E-state index is 0.198. The summed E-state index contributed by atoms with van der Waals surface area (Å²) in [6.45, 7) is 8.89. The van der Waals surface area contributed by atoms with Crippen LogP contribution in [0.4, 0.5) is 0 Å². The summed E-state index contributed by atoms with van der Waals surface area (Å²) < 4.78 is 6.92. The zero-order chi connectivity index (χ0) is 25.2. The van der Waals surface area contributed by atoms with Crippen LogP contribution in [-0.2, 0) is 6.54 Å². The fraction of sp³-hybridized carbons (Fsp3) is 0.379. The molecule has 1 unspecified atom stereocenters. The summed E-state index contributed by atoms with van der Waals surface area (Å²) in [6, 6.07) is 13.9. The highest BCUT2D eigenvalue weighted by Gasteiger charge is 2.52. The van der Waals surface area contributed by atoms with Gasteiger partial charge in [-0.15, -0.1) is 11.3 Å². The second-order valence-electron chi connectivity index (χ2n) is 11.7. The molecule has 36 heavy (non-hydrogen) atoms. The number of halogens is 1. The molecule has 2 aromatic heterocycles. The summed E-state index contributed by atoms with van der Waals surface area (Å²) in [5.41, 5.74) is 3.74. The highest BCUT2D eigenvalue weighted by Crippen LogP contribution is 2.47. The minimum Gasteiger partial charge on any atom is -0.507 e. The van der Waals surface area contributed by atoms with Crippen molar-refractivity contribution in [2.45, 2.75) is 52.6 Å². The third-order valence-corrected chi connectivity index (χ3v) is 9.34. The Hall–Kier alpha value is -2.48. The van der Waals surface area contributed by atoms with Gasteiger partial charge in [0.1, 0.15) is 17.3 Å². The van der Waals surface area contributed by atoms with Gasteiger partial charge >= 0.3 is 5.63 Å². The molecule has 5 nitrogen and oxygen atoms in total. The summed E-state index contributed by atoms with van der Waals surface area (Å²) in [5, 5.41) is 14.2. The number of rotatable bonds is 4. The van der Waals surface area contributed by atoms with Crippen LogP contribution in [0.3, 0.4) is 0 Å². The lowest BCUT2D eigenvalue weighted by Gasteiger charge is -2.37. The topological polar surface area (TPSA) is 67.8 Å². The lowest BCUT2D eigenvalue weighted by molar-refractivity contribution is -0.928. The molecule has 186 valence electrons. The van der Waals surface area contributed by atoms with E-state index in [4.69, 9.17) is 9.40 Å². The molecule has 1 aliphatic heterocycles. The van der Waals surface area contributed by atoms with Crippen LogP contribution < -0.4 is 10.5 Å². The Morgan fingerprint density at radius 3 is 2.72 bits per heavy atom. The first kappa shape index (κ1) is 23.9. The maximum absolute atomic E-state index is 13.1. The number of fused-ring (bicyclic) bond motifs is 3. The first-order valence-electron chi connectivity index (χ1n) is 12.4. The number of nitrogens with zero attached hydrogens (tertiary/aromatic N) is 1. The van der Waals surface area contributed by atoms with Crippen molar-refractivity contribution >= 4 is 38.2 Å². The Kier molecular flexibility index (Phi) is 5.67. The summed E-state index contributed by atoms with van der Waals surface area (Å²) in [6.07, 6.45) is 3.63. The molecule has 3 heterocycles. The van der Waals surface area contributed by atoms with Crippen molar-refractivity contribution in [1.29, 1.82) is 0 Å². The summed E-state index contributed by atoms with van der Waals surface area (Å²) in [5.74, 6) is 0.198. The summed E-state index contributed by atoms with van der Waals surface area (Å²) in [7, 11) is 0. The molecular weight excluding hydrogens is 536 g/mol. The monoisotopic (exact) mass is 565 g/mol. The van der Waals surface area contributed by atoms with Crippen LogP contribution in [0.25, 0.3) is 32.8 Å². The van der Waals surface area contributed by atoms with E-state index in [0.29, 0.717) is 39.6 Å². The molecular formula is C29H30BrN2O3S+. The first-order chi connectivity index (χ1) is 17.1. The average Bonchev–Trinajstić information content (AvgIpc) is 3.37. The van der Waals surface area contributed by atoms with Gasteiger partial charge < -0.3 is 14.4 Å². The van der Waals surface area contributed by atoms with Crippen LogP contribution in [0.5, 0.6) is 5.75 Å². The number of phenols is 1. The molecule has 2 N–H and O–H groups in total. The van der Waals surface area contributed by atoms with Gasteiger partial charge in [-0.2, -0.15) is 0 Å². The van der Waals surface area contributed by atoms with Crippen LogP contribution in [0.2, 0.25) is 0 Å². The summed E-state index contributed by atoms with van der Waals surface area (Å²) >= 11 is 4.89. The molecule has 1 aliphatic carbocycles. The molecule has 3 atom stereocenters. The fourth-order valence-electron chi connectivity index (χ4n) is 6.89. The zero-order valence-corrected chi connectivity index (χ0v) is 23.1. The van der Waals surface area contributed by atoms with E-state index in [2.05, 4.69) is 36.7 Å². The van der Waals surface area contributed by atoms with E-state index in [0.717, 1.165) is 33.2 Å². The lowest BCUT2D eigenvalue weighted by atomic mass is 9.65. The van der Waals surface area contributed by atoms with Gasteiger partial charge in [-0.25, -0.2) is 9.78 Å². The van der Waals surface area contributed by atoms with Crippen molar-refractivity contribution in [3.8, 4) is 27.6 Å². The molecule has 7 heteroatoms. The standard InChI is InChI=1S/C29H29BrN2O3S/c1-28(2)11-20-12-29(3,15-28)16-32(20)13-22-24(33)9-6-18-10-21(27(34)35-25(18)22)26-31-23(14-36-26)17-4-7-19(30)8-5-17/h4-10,14,20,33H,11-13,15-16H2,1-3H3/p+1/t20-,29-/m0/s1. The molecule has 2 aromatic carbocycles. The molecule has 2 aliphatic rings. The van der Waals surface area contributed by atoms with Crippen molar-refractivity contribution < 1.29 is 14.4 Å². The third kappa shape index (κ3) is 4.31. The number of aromatic hydroxyl groups is 1. The molecule has 4 aromatic rings. The molecule has 2 fully saturated rings. The van der Waals surface area contributed by atoms with E-state index in [-0.39, 0.29) is 5.75 Å². The third-order valence-electron chi connectivity index (χ3n) is 7.93. The van der Waals surface area contributed by atoms with E-state index in [1.165, 1.54) is 35.5 Å². The quantitative estimate of drug-likeness (QED) is 0.296. The molecule has 6 rings (SSSR count). The van der Waals surface area contributed by atoms with Crippen molar-refractivity contribution in [3.05, 3.63) is 68.3 Å². The predicted molar refractivity (Wildman–Crippen MR) is 147 cm³/mol. The van der Waals surface area contributed by atoms with Crippen LogP contribution in [0.1, 0.15) is 45.6 Å². The summed E-state index contributed by atoms with van der Waals surface area (Å²) in [4.78, 5) is 19.4. The Bertz CT molecular complexity index is 1520. The van der Waals surface area contributed by atoms with E-state index in [1.54, 1.807) is 6.07 Å². The number of aromatic nitrogens is 1. The van der Waals surface area contributed by atoms with Crippen molar-refractivity contribution in [2.24, 2.45) is 10.8 Å². The molecule has 0 amide bonds. The van der Waals surface area contributed by atoms with Gasteiger partial charge in [0.2, 0.25) is 0 Å². The van der Waals surface area contributed by atoms with E-state index >= 15 is 0 Å². The number of hydrogen-bond donors (Lipinski definition) is 2. The number of benzene rings is 2. The van der Waals surface area contributed by atoms with Gasteiger partial charge in [-0.05, 0) is 42.2 Å². The van der Waals surface area contributed by atoms with Crippen LogP contribution >= 0.6 is 27.3 Å². The number of hydrogen-bond acceptors (Lipinski definition) is 5. The largest absolute Gasteiger partial charge is 0.507 e. The predicted octanol–water partition coefficient (Wildman–Crippen LogP) is 6.04. The van der Waals surface area contributed by atoms with Gasteiger partial charge in [0.25, 0.3) is 0 Å². The van der Waals surface area contributed by atoms with Gasteiger partial charge in [0.05, 0.1) is 29.4 Å². The SMILES string of the molecule is CC1(C)C[C@H]2C[C@](C)(C[NH+]2Cc2c(O)ccc3cc(-c4nc(-c5ccc(Br)cc5)cs4)c(=O)oc23)C1.